The molecule has 1 aromatic carbocycles. The molecule has 0 bridgehead atoms. The summed E-state index contributed by atoms with van der Waals surface area (Å²) < 4.78 is 5.60. The predicted octanol–water partition coefficient (Wildman–Crippen LogP) is 2.13. The molecule has 0 aromatic heterocycles. The van der Waals surface area contributed by atoms with Crippen molar-refractivity contribution in [2.45, 2.75) is 19.9 Å². The molecule has 3 heteroatoms. The molecule has 0 aliphatic carbocycles. The van der Waals surface area contributed by atoms with E-state index in [0.29, 0.717) is 0 Å². The molecule has 0 spiro atoms. The molecule has 96 valence electrons. The maximum atomic E-state index is 5.60. The third kappa shape index (κ3) is 6.29. The number of likely N-dealkylation sites (N-methyl/N-ethyl adjacent to an activating group) is 1. The van der Waals surface area contributed by atoms with Gasteiger partial charge in [0.15, 0.2) is 0 Å². The Morgan fingerprint density at radius 3 is 2.82 bits per heavy atom. The number of ether oxygens (including phenoxy) is 1. The van der Waals surface area contributed by atoms with Crippen molar-refractivity contribution in [3.63, 3.8) is 0 Å². The Kier molecular flexibility index (Phi) is 6.67. The normalized spacial score (nSPS) is 10.8. The Balaban J connectivity index is 2.32. The lowest BCUT2D eigenvalue weighted by molar-refractivity contribution is 0.317. The fraction of sp³-hybridized carbons (Fsp3) is 0.571. The lowest BCUT2D eigenvalue weighted by Crippen LogP contribution is -2.26. The predicted molar refractivity (Wildman–Crippen MR) is 72.5 cm³/mol. The molecular weight excluding hydrogens is 212 g/mol. The second-order valence-electron chi connectivity index (χ2n) is 4.48. The lowest BCUT2D eigenvalue weighted by atomic mass is 10.2. The average molecular weight is 236 g/mol. The second kappa shape index (κ2) is 8.09. The van der Waals surface area contributed by atoms with Gasteiger partial charge in [0.1, 0.15) is 5.75 Å². The first-order valence-electron chi connectivity index (χ1n) is 6.29. The van der Waals surface area contributed by atoms with Gasteiger partial charge in [-0.3, -0.25) is 0 Å². The van der Waals surface area contributed by atoms with E-state index < -0.39 is 0 Å². The van der Waals surface area contributed by atoms with Crippen LogP contribution >= 0.6 is 0 Å². The summed E-state index contributed by atoms with van der Waals surface area (Å²) in [5.74, 6) is 0.971. The molecule has 0 unspecified atom stereocenters. The van der Waals surface area contributed by atoms with Crippen molar-refractivity contribution in [1.82, 2.24) is 10.2 Å². The molecule has 0 aliphatic rings. The Morgan fingerprint density at radius 2 is 2.12 bits per heavy atom. The summed E-state index contributed by atoms with van der Waals surface area (Å²) in [6.07, 6.45) is 1.05. The highest BCUT2D eigenvalue weighted by Crippen LogP contribution is 2.13. The molecule has 0 heterocycles. The molecule has 1 N–H and O–H groups in total. The zero-order valence-corrected chi connectivity index (χ0v) is 11.2. The lowest BCUT2D eigenvalue weighted by Gasteiger charge is -2.11. The molecule has 0 saturated carbocycles. The maximum Gasteiger partial charge on any atom is 0.119 e. The molecule has 0 fully saturated rings. The molecule has 0 amide bonds. The molecule has 0 saturated heterocycles. The van der Waals surface area contributed by atoms with Crippen LogP contribution in [-0.4, -0.2) is 38.7 Å². The van der Waals surface area contributed by atoms with Gasteiger partial charge >= 0.3 is 0 Å². The zero-order chi connectivity index (χ0) is 12.5. The molecule has 1 aromatic rings. The van der Waals surface area contributed by atoms with Crippen LogP contribution in [0.25, 0.3) is 0 Å². The van der Waals surface area contributed by atoms with Crippen molar-refractivity contribution >= 4 is 0 Å². The smallest absolute Gasteiger partial charge is 0.119 e. The Bertz CT molecular complexity index is 313. The van der Waals surface area contributed by atoms with E-state index >= 15 is 0 Å². The third-order valence-corrected chi connectivity index (χ3v) is 2.44. The highest BCUT2D eigenvalue weighted by Gasteiger charge is 1.97. The fourth-order valence-electron chi connectivity index (χ4n) is 1.50. The highest BCUT2D eigenvalue weighted by molar-refractivity contribution is 5.28. The summed E-state index contributed by atoms with van der Waals surface area (Å²) in [5, 5.41) is 3.42. The van der Waals surface area contributed by atoms with Crippen molar-refractivity contribution in [2.24, 2.45) is 0 Å². The van der Waals surface area contributed by atoms with E-state index in [1.54, 1.807) is 0 Å². The molecular formula is C14H24N2O. The number of benzene rings is 1. The molecule has 0 atom stereocenters. The fourth-order valence-corrected chi connectivity index (χ4v) is 1.50. The van der Waals surface area contributed by atoms with Gasteiger partial charge in [-0.05, 0) is 38.2 Å². The van der Waals surface area contributed by atoms with E-state index in [2.05, 4.69) is 43.4 Å². The second-order valence-corrected chi connectivity index (χ2v) is 4.48. The van der Waals surface area contributed by atoms with Gasteiger partial charge in [0, 0.05) is 19.6 Å². The van der Waals surface area contributed by atoms with Crippen molar-refractivity contribution in [3.05, 3.63) is 29.8 Å². The molecule has 1 rings (SSSR count). The monoisotopic (exact) mass is 236 g/mol. The van der Waals surface area contributed by atoms with Crippen LogP contribution in [0.2, 0.25) is 0 Å². The summed E-state index contributed by atoms with van der Waals surface area (Å²) in [5.41, 5.74) is 1.28. The van der Waals surface area contributed by atoms with Gasteiger partial charge in [-0.1, -0.05) is 19.1 Å². The average Bonchev–Trinajstić information content (AvgIpc) is 2.32. The first-order chi connectivity index (χ1) is 8.22. The molecule has 3 nitrogen and oxygen atoms in total. The standard InChI is InChI=1S/C14H24N2O/c1-4-10-17-14-7-5-6-13(11-14)12-15-8-9-16(2)3/h5-7,11,15H,4,8-10,12H2,1-3H3. The number of hydrogen-bond acceptors (Lipinski definition) is 3. The highest BCUT2D eigenvalue weighted by atomic mass is 16.5. The molecule has 17 heavy (non-hydrogen) atoms. The van der Waals surface area contributed by atoms with Crippen LogP contribution in [0.1, 0.15) is 18.9 Å². The van der Waals surface area contributed by atoms with E-state index in [1.165, 1.54) is 5.56 Å². The summed E-state index contributed by atoms with van der Waals surface area (Å²) in [7, 11) is 4.17. The maximum absolute atomic E-state index is 5.60. The summed E-state index contributed by atoms with van der Waals surface area (Å²) in [6, 6.07) is 8.30. The van der Waals surface area contributed by atoms with Gasteiger partial charge in [0.25, 0.3) is 0 Å². The van der Waals surface area contributed by atoms with Crippen molar-refractivity contribution in [1.29, 1.82) is 0 Å². The minimum atomic E-state index is 0.789. The number of nitrogens with one attached hydrogen (secondary N) is 1. The van der Waals surface area contributed by atoms with Crippen LogP contribution in [0.15, 0.2) is 24.3 Å². The topological polar surface area (TPSA) is 24.5 Å². The first-order valence-corrected chi connectivity index (χ1v) is 6.29. The van der Waals surface area contributed by atoms with Crippen molar-refractivity contribution < 1.29 is 4.74 Å². The van der Waals surface area contributed by atoms with Gasteiger partial charge in [-0.15, -0.1) is 0 Å². The van der Waals surface area contributed by atoms with E-state index in [9.17, 15) is 0 Å². The van der Waals surface area contributed by atoms with Crippen LogP contribution in [-0.2, 0) is 6.54 Å². The van der Waals surface area contributed by atoms with E-state index in [0.717, 1.165) is 38.4 Å². The van der Waals surface area contributed by atoms with Gasteiger partial charge in [-0.2, -0.15) is 0 Å². The van der Waals surface area contributed by atoms with Crippen molar-refractivity contribution in [3.8, 4) is 5.75 Å². The van der Waals surface area contributed by atoms with Gasteiger partial charge in [0.2, 0.25) is 0 Å². The Hall–Kier alpha value is -1.06. The number of hydrogen-bond donors (Lipinski definition) is 1. The van der Waals surface area contributed by atoms with Crippen LogP contribution in [0.3, 0.4) is 0 Å². The minimum absolute atomic E-state index is 0.789. The van der Waals surface area contributed by atoms with Crippen LogP contribution < -0.4 is 10.1 Å². The zero-order valence-electron chi connectivity index (χ0n) is 11.2. The summed E-state index contributed by atoms with van der Waals surface area (Å²) >= 11 is 0. The van der Waals surface area contributed by atoms with Crippen molar-refractivity contribution in [2.75, 3.05) is 33.8 Å². The van der Waals surface area contributed by atoms with Crippen LogP contribution in [0.4, 0.5) is 0 Å². The molecule has 0 radical (unpaired) electrons. The van der Waals surface area contributed by atoms with Crippen LogP contribution in [0, 0.1) is 0 Å². The first kappa shape index (κ1) is 14.0. The quantitative estimate of drug-likeness (QED) is 0.700. The number of rotatable bonds is 8. The van der Waals surface area contributed by atoms with E-state index in [4.69, 9.17) is 4.74 Å². The van der Waals surface area contributed by atoms with Gasteiger partial charge < -0.3 is 15.0 Å². The van der Waals surface area contributed by atoms with Gasteiger partial charge in [0.05, 0.1) is 6.61 Å². The number of nitrogens with zero attached hydrogens (tertiary/aromatic N) is 1. The van der Waals surface area contributed by atoms with E-state index in [-0.39, 0.29) is 0 Å². The summed E-state index contributed by atoms with van der Waals surface area (Å²) in [4.78, 5) is 2.17. The third-order valence-electron chi connectivity index (χ3n) is 2.44. The summed E-state index contributed by atoms with van der Waals surface area (Å²) in [6.45, 7) is 5.88. The van der Waals surface area contributed by atoms with Gasteiger partial charge in [-0.25, -0.2) is 0 Å². The Morgan fingerprint density at radius 1 is 1.29 bits per heavy atom. The Labute approximate surface area is 105 Å². The largest absolute Gasteiger partial charge is 0.494 e. The SMILES string of the molecule is CCCOc1cccc(CNCCN(C)C)c1. The minimum Gasteiger partial charge on any atom is -0.494 e. The molecule has 0 aliphatic heterocycles. The van der Waals surface area contributed by atoms with Crippen LogP contribution in [0.5, 0.6) is 5.75 Å². The van der Waals surface area contributed by atoms with E-state index in [1.807, 2.05) is 12.1 Å².